The Morgan fingerprint density at radius 3 is 3.23 bits per heavy atom. The maximum Gasteiger partial charge on any atom is 0.0687 e. The van der Waals surface area contributed by atoms with Crippen LogP contribution in [-0.4, -0.2) is 13.2 Å². The molecule has 0 amide bonds. The van der Waals surface area contributed by atoms with Crippen LogP contribution in [0.2, 0.25) is 0 Å². The molecule has 1 aliphatic rings. The number of rotatable bonds is 4. The summed E-state index contributed by atoms with van der Waals surface area (Å²) < 4.78 is 5.38. The first-order valence-corrected chi connectivity index (χ1v) is 4.54. The van der Waals surface area contributed by atoms with Crippen molar-refractivity contribution >= 4 is 0 Å². The molecule has 1 aliphatic carbocycles. The molecule has 0 spiro atoms. The molecule has 0 aromatic carbocycles. The van der Waals surface area contributed by atoms with Gasteiger partial charge in [-0.2, -0.15) is 0 Å². The van der Waals surface area contributed by atoms with E-state index in [1.807, 2.05) is 0 Å². The monoisotopic (exact) mass is 176 g/mol. The van der Waals surface area contributed by atoms with E-state index in [1.165, 1.54) is 11.1 Å². The third-order valence-corrected chi connectivity index (χ3v) is 1.83. The topological polar surface area (TPSA) is 9.23 Å². The molecule has 0 aromatic heterocycles. The minimum atomic E-state index is 0.629. The summed E-state index contributed by atoms with van der Waals surface area (Å²) in [5.41, 5.74) is 2.61. The molecule has 1 rings (SSSR count). The third kappa shape index (κ3) is 3.90. The molecule has 1 heteroatoms. The van der Waals surface area contributed by atoms with Crippen molar-refractivity contribution in [2.45, 2.75) is 13.3 Å². The van der Waals surface area contributed by atoms with Gasteiger partial charge in [0.1, 0.15) is 0 Å². The zero-order valence-corrected chi connectivity index (χ0v) is 8.12. The molecular formula is C12H16O. The molecular weight excluding hydrogens is 160 g/mol. The second kappa shape index (κ2) is 5.55. The first-order valence-electron chi connectivity index (χ1n) is 4.54. The Morgan fingerprint density at radius 2 is 2.46 bits per heavy atom. The lowest BCUT2D eigenvalue weighted by atomic mass is 10.1. The molecule has 0 unspecified atom stereocenters. The van der Waals surface area contributed by atoms with Gasteiger partial charge in [0.15, 0.2) is 0 Å². The molecule has 70 valence electrons. The molecule has 0 atom stereocenters. The van der Waals surface area contributed by atoms with Gasteiger partial charge in [0.25, 0.3) is 0 Å². The lowest BCUT2D eigenvalue weighted by Crippen LogP contribution is -1.97. The standard InChI is InChI=1S/C12H16O/c1-3-8-13-10-12-7-5-4-6-11(2)9-12/h3-6,9H,1,7-8,10H2,2H3. The van der Waals surface area contributed by atoms with Crippen LogP contribution in [0.4, 0.5) is 0 Å². The Bertz CT molecular complexity index is 256. The number of hydrogen-bond donors (Lipinski definition) is 0. The molecule has 0 N–H and O–H groups in total. The highest BCUT2D eigenvalue weighted by Crippen LogP contribution is 2.11. The Balaban J connectivity index is 2.45. The van der Waals surface area contributed by atoms with Crippen molar-refractivity contribution in [3.8, 4) is 0 Å². The van der Waals surface area contributed by atoms with E-state index >= 15 is 0 Å². The summed E-state index contributed by atoms with van der Waals surface area (Å²) in [7, 11) is 0. The maximum atomic E-state index is 5.38. The van der Waals surface area contributed by atoms with E-state index < -0.39 is 0 Å². The average Bonchev–Trinajstić information content (AvgIpc) is 2.31. The van der Waals surface area contributed by atoms with E-state index in [-0.39, 0.29) is 0 Å². The van der Waals surface area contributed by atoms with Crippen LogP contribution in [-0.2, 0) is 4.74 Å². The Kier molecular flexibility index (Phi) is 4.27. The fourth-order valence-electron chi connectivity index (χ4n) is 1.24. The van der Waals surface area contributed by atoms with Gasteiger partial charge in [-0.15, -0.1) is 6.58 Å². The summed E-state index contributed by atoms with van der Waals surface area (Å²) in [5.74, 6) is 0. The van der Waals surface area contributed by atoms with Crippen molar-refractivity contribution in [3.63, 3.8) is 0 Å². The van der Waals surface area contributed by atoms with Gasteiger partial charge in [-0.3, -0.25) is 0 Å². The van der Waals surface area contributed by atoms with Crippen molar-refractivity contribution in [2.75, 3.05) is 13.2 Å². The summed E-state index contributed by atoms with van der Waals surface area (Å²) >= 11 is 0. The van der Waals surface area contributed by atoms with Crippen LogP contribution < -0.4 is 0 Å². The molecule has 0 bridgehead atoms. The van der Waals surface area contributed by atoms with E-state index in [1.54, 1.807) is 6.08 Å². The van der Waals surface area contributed by atoms with Crippen LogP contribution in [0.3, 0.4) is 0 Å². The van der Waals surface area contributed by atoms with Crippen LogP contribution >= 0.6 is 0 Å². The van der Waals surface area contributed by atoms with Crippen molar-refractivity contribution in [3.05, 3.63) is 48.1 Å². The molecule has 0 radical (unpaired) electrons. The Hall–Kier alpha value is -1.08. The number of allylic oxidation sites excluding steroid dienone is 5. The lowest BCUT2D eigenvalue weighted by molar-refractivity contribution is 0.186. The van der Waals surface area contributed by atoms with Gasteiger partial charge in [-0.25, -0.2) is 0 Å². The molecule has 1 nitrogen and oxygen atoms in total. The van der Waals surface area contributed by atoms with Crippen LogP contribution in [0.25, 0.3) is 0 Å². The van der Waals surface area contributed by atoms with Crippen LogP contribution in [0.5, 0.6) is 0 Å². The highest BCUT2D eigenvalue weighted by molar-refractivity contribution is 5.30. The molecule has 0 aromatic rings. The Labute approximate surface area is 80.1 Å². The van der Waals surface area contributed by atoms with E-state index in [9.17, 15) is 0 Å². The second-order valence-electron chi connectivity index (χ2n) is 3.15. The highest BCUT2D eigenvalue weighted by atomic mass is 16.5. The zero-order valence-electron chi connectivity index (χ0n) is 8.12. The van der Waals surface area contributed by atoms with Crippen LogP contribution in [0.1, 0.15) is 13.3 Å². The minimum absolute atomic E-state index is 0.629. The van der Waals surface area contributed by atoms with E-state index in [0.717, 1.165) is 6.42 Å². The molecule has 0 aliphatic heterocycles. The van der Waals surface area contributed by atoms with Gasteiger partial charge in [-0.1, -0.05) is 36.0 Å². The van der Waals surface area contributed by atoms with Gasteiger partial charge in [-0.05, 0) is 18.9 Å². The smallest absolute Gasteiger partial charge is 0.0687 e. The first kappa shape index (κ1) is 10.0. The van der Waals surface area contributed by atoms with Crippen molar-refractivity contribution in [1.29, 1.82) is 0 Å². The lowest BCUT2D eigenvalue weighted by Gasteiger charge is -2.04. The summed E-state index contributed by atoms with van der Waals surface area (Å²) in [6.45, 7) is 7.05. The van der Waals surface area contributed by atoms with Crippen molar-refractivity contribution < 1.29 is 4.74 Å². The number of hydrogen-bond acceptors (Lipinski definition) is 1. The summed E-state index contributed by atoms with van der Waals surface area (Å²) in [6.07, 6.45) is 11.3. The largest absolute Gasteiger partial charge is 0.373 e. The summed E-state index contributed by atoms with van der Waals surface area (Å²) in [5, 5.41) is 0. The van der Waals surface area contributed by atoms with Crippen molar-refractivity contribution in [2.24, 2.45) is 0 Å². The van der Waals surface area contributed by atoms with Crippen molar-refractivity contribution in [1.82, 2.24) is 0 Å². The fraction of sp³-hybridized carbons (Fsp3) is 0.333. The summed E-state index contributed by atoms with van der Waals surface area (Å²) in [6, 6.07) is 0. The average molecular weight is 176 g/mol. The molecule has 13 heavy (non-hydrogen) atoms. The van der Waals surface area contributed by atoms with E-state index in [4.69, 9.17) is 4.74 Å². The molecule has 0 saturated carbocycles. The minimum Gasteiger partial charge on any atom is -0.373 e. The fourth-order valence-corrected chi connectivity index (χ4v) is 1.24. The maximum absolute atomic E-state index is 5.38. The van der Waals surface area contributed by atoms with Gasteiger partial charge in [0.2, 0.25) is 0 Å². The third-order valence-electron chi connectivity index (χ3n) is 1.83. The van der Waals surface area contributed by atoms with E-state index in [0.29, 0.717) is 13.2 Å². The van der Waals surface area contributed by atoms with Crippen LogP contribution in [0.15, 0.2) is 48.1 Å². The predicted molar refractivity (Wildman–Crippen MR) is 56.6 cm³/mol. The van der Waals surface area contributed by atoms with Gasteiger partial charge in [0, 0.05) is 0 Å². The Morgan fingerprint density at radius 1 is 1.62 bits per heavy atom. The molecule has 0 fully saturated rings. The van der Waals surface area contributed by atoms with Gasteiger partial charge in [0.05, 0.1) is 13.2 Å². The number of ether oxygens (including phenoxy) is 1. The normalized spacial score (nSPS) is 16.1. The first-order chi connectivity index (χ1) is 6.33. The second-order valence-corrected chi connectivity index (χ2v) is 3.15. The summed E-state index contributed by atoms with van der Waals surface area (Å²) in [4.78, 5) is 0. The quantitative estimate of drug-likeness (QED) is 0.472. The molecule has 0 heterocycles. The SMILES string of the molecule is C=CCOCC1=CC(C)=CC=CC1. The van der Waals surface area contributed by atoms with Gasteiger partial charge >= 0.3 is 0 Å². The zero-order chi connectivity index (χ0) is 9.52. The highest BCUT2D eigenvalue weighted by Gasteiger charge is 1.97. The van der Waals surface area contributed by atoms with E-state index in [2.05, 4.69) is 37.8 Å². The van der Waals surface area contributed by atoms with Gasteiger partial charge < -0.3 is 4.74 Å². The predicted octanol–water partition coefficient (Wildman–Crippen LogP) is 3.02. The molecule has 0 saturated heterocycles. The van der Waals surface area contributed by atoms with Crippen LogP contribution in [0, 0.1) is 0 Å².